The van der Waals surface area contributed by atoms with Gasteiger partial charge in [-0.25, -0.2) is 0 Å². The molecule has 0 spiro atoms. The molecule has 98 valence electrons. The van der Waals surface area contributed by atoms with Crippen molar-refractivity contribution in [2.75, 3.05) is 0 Å². The number of aromatic nitrogens is 1. The summed E-state index contributed by atoms with van der Waals surface area (Å²) in [6.45, 7) is 3.48. The van der Waals surface area contributed by atoms with E-state index in [1.54, 1.807) is 12.1 Å². The van der Waals surface area contributed by atoms with E-state index in [-0.39, 0.29) is 0 Å². The van der Waals surface area contributed by atoms with Crippen LogP contribution in [0.5, 0.6) is 0 Å². The first-order valence-corrected chi connectivity index (χ1v) is 6.16. The molecule has 2 aromatic rings. The van der Waals surface area contributed by atoms with Crippen molar-refractivity contribution in [3.63, 3.8) is 0 Å². The van der Waals surface area contributed by atoms with Gasteiger partial charge in [0, 0.05) is 30.5 Å². The Morgan fingerprint density at radius 1 is 1.11 bits per heavy atom. The summed E-state index contributed by atoms with van der Waals surface area (Å²) in [6, 6.07) is 11.4. The maximum absolute atomic E-state index is 10.9. The van der Waals surface area contributed by atoms with E-state index in [0.29, 0.717) is 5.56 Å². The Balaban J connectivity index is 1.85. The highest BCUT2D eigenvalue weighted by Gasteiger charge is 1.99. The minimum Gasteiger partial charge on any atom is -0.366 e. The van der Waals surface area contributed by atoms with Gasteiger partial charge in [-0.05, 0) is 36.2 Å². The third kappa shape index (κ3) is 3.89. The highest BCUT2D eigenvalue weighted by Crippen LogP contribution is 2.04. The van der Waals surface area contributed by atoms with Crippen molar-refractivity contribution >= 4 is 5.91 Å². The number of nitrogens with two attached hydrogens (primary N) is 1. The van der Waals surface area contributed by atoms with Gasteiger partial charge in [-0.3, -0.25) is 9.78 Å². The maximum atomic E-state index is 10.9. The van der Waals surface area contributed by atoms with Gasteiger partial charge >= 0.3 is 0 Å². The largest absolute Gasteiger partial charge is 0.366 e. The van der Waals surface area contributed by atoms with Gasteiger partial charge in [0.2, 0.25) is 5.91 Å². The molecule has 0 aliphatic heterocycles. The van der Waals surface area contributed by atoms with Gasteiger partial charge in [0.05, 0.1) is 0 Å². The lowest BCUT2D eigenvalue weighted by atomic mass is 10.1. The van der Waals surface area contributed by atoms with Crippen LogP contribution in [0.25, 0.3) is 0 Å². The molecule has 3 N–H and O–H groups in total. The molecule has 0 unspecified atom stereocenters. The second-order valence-electron chi connectivity index (χ2n) is 4.47. The van der Waals surface area contributed by atoms with Crippen molar-refractivity contribution in [1.82, 2.24) is 10.3 Å². The number of rotatable bonds is 5. The van der Waals surface area contributed by atoms with Gasteiger partial charge in [-0.15, -0.1) is 0 Å². The molecule has 1 aromatic heterocycles. The molecule has 2 rings (SSSR count). The van der Waals surface area contributed by atoms with Crippen molar-refractivity contribution in [3.8, 4) is 0 Å². The molecule has 19 heavy (non-hydrogen) atoms. The van der Waals surface area contributed by atoms with Crippen LogP contribution < -0.4 is 11.1 Å². The van der Waals surface area contributed by atoms with E-state index >= 15 is 0 Å². The van der Waals surface area contributed by atoms with Crippen molar-refractivity contribution < 1.29 is 4.79 Å². The summed E-state index contributed by atoms with van der Waals surface area (Å²) >= 11 is 0. The summed E-state index contributed by atoms with van der Waals surface area (Å²) in [5.41, 5.74) is 9.01. The lowest BCUT2D eigenvalue weighted by Gasteiger charge is -2.05. The number of aryl methyl sites for hydroxylation is 1. The van der Waals surface area contributed by atoms with Gasteiger partial charge in [0.1, 0.15) is 0 Å². The van der Waals surface area contributed by atoms with Crippen LogP contribution in [-0.2, 0) is 13.1 Å². The quantitative estimate of drug-likeness (QED) is 0.855. The van der Waals surface area contributed by atoms with E-state index in [1.165, 1.54) is 0 Å². The number of amides is 1. The first-order valence-electron chi connectivity index (χ1n) is 6.16. The third-order valence-electron chi connectivity index (χ3n) is 2.87. The Bertz CT molecular complexity index is 547. The van der Waals surface area contributed by atoms with E-state index in [9.17, 15) is 4.79 Å². The average molecular weight is 255 g/mol. The standard InChI is InChI=1S/C15H17N3O/c1-11-2-3-13(10-18-11)9-17-8-12-4-6-14(7-5-12)15(16)19/h2-7,10,17H,8-9H2,1H3,(H2,16,19). The number of nitrogens with zero attached hydrogens (tertiary/aromatic N) is 1. The molecule has 0 saturated heterocycles. The molecule has 0 radical (unpaired) electrons. The Morgan fingerprint density at radius 2 is 1.74 bits per heavy atom. The molecule has 4 heteroatoms. The molecule has 0 aliphatic rings. The Kier molecular flexibility index (Phi) is 4.26. The lowest BCUT2D eigenvalue weighted by molar-refractivity contribution is 0.100. The predicted octanol–water partition coefficient (Wildman–Crippen LogP) is 1.78. The molecular weight excluding hydrogens is 238 g/mol. The minimum atomic E-state index is -0.398. The van der Waals surface area contributed by atoms with E-state index in [0.717, 1.165) is 29.9 Å². The fourth-order valence-corrected chi connectivity index (χ4v) is 1.74. The topological polar surface area (TPSA) is 68.0 Å². The van der Waals surface area contributed by atoms with Crippen LogP contribution in [0.3, 0.4) is 0 Å². The fraction of sp³-hybridized carbons (Fsp3) is 0.200. The van der Waals surface area contributed by atoms with Crippen molar-refractivity contribution in [1.29, 1.82) is 0 Å². The van der Waals surface area contributed by atoms with Gasteiger partial charge in [-0.2, -0.15) is 0 Å². The maximum Gasteiger partial charge on any atom is 0.248 e. The summed E-state index contributed by atoms with van der Waals surface area (Å²) in [6.07, 6.45) is 1.87. The molecule has 1 aromatic carbocycles. The lowest BCUT2D eigenvalue weighted by Crippen LogP contribution is -2.14. The summed E-state index contributed by atoms with van der Waals surface area (Å²) in [4.78, 5) is 15.2. The second-order valence-corrected chi connectivity index (χ2v) is 4.47. The molecule has 4 nitrogen and oxygen atoms in total. The van der Waals surface area contributed by atoms with Crippen LogP contribution in [0.15, 0.2) is 42.6 Å². The van der Waals surface area contributed by atoms with Crippen molar-refractivity contribution in [3.05, 3.63) is 65.0 Å². The van der Waals surface area contributed by atoms with Gasteiger partial charge in [-0.1, -0.05) is 18.2 Å². The zero-order valence-corrected chi connectivity index (χ0v) is 10.9. The number of benzene rings is 1. The van der Waals surface area contributed by atoms with E-state index in [4.69, 9.17) is 5.73 Å². The van der Waals surface area contributed by atoms with Crippen molar-refractivity contribution in [2.45, 2.75) is 20.0 Å². The van der Waals surface area contributed by atoms with Crippen LogP contribution in [0, 0.1) is 6.92 Å². The normalized spacial score (nSPS) is 10.4. The monoisotopic (exact) mass is 255 g/mol. The number of hydrogen-bond donors (Lipinski definition) is 2. The fourth-order valence-electron chi connectivity index (χ4n) is 1.74. The Morgan fingerprint density at radius 3 is 2.32 bits per heavy atom. The minimum absolute atomic E-state index is 0.398. The Labute approximate surface area is 112 Å². The molecule has 0 saturated carbocycles. The highest BCUT2D eigenvalue weighted by molar-refractivity contribution is 5.92. The van der Waals surface area contributed by atoms with Crippen LogP contribution in [0.2, 0.25) is 0 Å². The number of hydrogen-bond acceptors (Lipinski definition) is 3. The van der Waals surface area contributed by atoms with Gasteiger partial charge < -0.3 is 11.1 Å². The molecule has 0 bridgehead atoms. The molecule has 1 amide bonds. The third-order valence-corrected chi connectivity index (χ3v) is 2.87. The zero-order valence-electron chi connectivity index (χ0n) is 10.9. The number of carbonyl (C=O) groups is 1. The highest BCUT2D eigenvalue weighted by atomic mass is 16.1. The predicted molar refractivity (Wildman–Crippen MR) is 74.5 cm³/mol. The molecule has 0 fully saturated rings. The first kappa shape index (κ1) is 13.2. The molecule has 0 atom stereocenters. The number of pyridine rings is 1. The summed E-state index contributed by atoms with van der Waals surface area (Å²) < 4.78 is 0. The van der Waals surface area contributed by atoms with E-state index < -0.39 is 5.91 Å². The summed E-state index contributed by atoms with van der Waals surface area (Å²) in [7, 11) is 0. The van der Waals surface area contributed by atoms with Crippen LogP contribution in [0.1, 0.15) is 27.2 Å². The van der Waals surface area contributed by atoms with E-state index in [2.05, 4.69) is 16.4 Å². The number of primary amides is 1. The first-order chi connectivity index (χ1) is 9.15. The average Bonchev–Trinajstić information content (AvgIpc) is 2.41. The molecular formula is C15H17N3O. The molecule has 1 heterocycles. The summed E-state index contributed by atoms with van der Waals surface area (Å²) in [5.74, 6) is -0.398. The van der Waals surface area contributed by atoms with Crippen LogP contribution >= 0.6 is 0 Å². The Hall–Kier alpha value is -2.20. The smallest absolute Gasteiger partial charge is 0.248 e. The van der Waals surface area contributed by atoms with Gasteiger partial charge in [0.25, 0.3) is 0 Å². The summed E-state index contributed by atoms with van der Waals surface area (Å²) in [5, 5.41) is 3.33. The number of nitrogens with one attached hydrogen (secondary N) is 1. The van der Waals surface area contributed by atoms with Gasteiger partial charge in [0.15, 0.2) is 0 Å². The van der Waals surface area contributed by atoms with E-state index in [1.807, 2.05) is 31.3 Å². The van der Waals surface area contributed by atoms with Crippen LogP contribution in [0.4, 0.5) is 0 Å². The zero-order chi connectivity index (χ0) is 13.7. The molecule has 0 aliphatic carbocycles. The van der Waals surface area contributed by atoms with Crippen LogP contribution in [-0.4, -0.2) is 10.9 Å². The SMILES string of the molecule is Cc1ccc(CNCc2ccc(C(N)=O)cc2)cn1. The number of carbonyl (C=O) groups excluding carboxylic acids is 1. The second kappa shape index (κ2) is 6.11. The van der Waals surface area contributed by atoms with Crippen molar-refractivity contribution in [2.24, 2.45) is 5.73 Å².